The van der Waals surface area contributed by atoms with Crippen molar-refractivity contribution in [3.63, 3.8) is 0 Å². The Labute approximate surface area is 120 Å². The lowest BCUT2D eigenvalue weighted by Crippen LogP contribution is -2.03. The molecule has 0 spiro atoms. The third kappa shape index (κ3) is 3.35. The number of hydrogen-bond acceptors (Lipinski definition) is 3. The molecule has 0 radical (unpaired) electrons. The molecule has 1 aliphatic carbocycles. The van der Waals surface area contributed by atoms with Crippen LogP contribution in [0, 0.1) is 5.92 Å². The van der Waals surface area contributed by atoms with Crippen LogP contribution in [0.25, 0.3) is 11.3 Å². The Balaban J connectivity index is 1.77. The molecule has 3 rings (SSSR count). The zero-order chi connectivity index (χ0) is 13.9. The van der Waals surface area contributed by atoms with Gasteiger partial charge in [0.25, 0.3) is 0 Å². The molecule has 0 atom stereocenters. The highest BCUT2D eigenvalue weighted by Gasteiger charge is 2.21. The van der Waals surface area contributed by atoms with E-state index in [2.05, 4.69) is 53.4 Å². The molecule has 1 N–H and O–H groups in total. The van der Waals surface area contributed by atoms with Gasteiger partial charge in [-0.1, -0.05) is 38.1 Å². The summed E-state index contributed by atoms with van der Waals surface area (Å²) < 4.78 is 0. The lowest BCUT2D eigenvalue weighted by Gasteiger charge is -2.08. The van der Waals surface area contributed by atoms with E-state index < -0.39 is 0 Å². The van der Waals surface area contributed by atoms with E-state index in [1.807, 2.05) is 6.07 Å². The average Bonchev–Trinajstić information content (AvgIpc) is 3.23. The summed E-state index contributed by atoms with van der Waals surface area (Å²) in [6.45, 7) is 4.49. The van der Waals surface area contributed by atoms with E-state index in [4.69, 9.17) is 0 Å². The average molecular weight is 267 g/mol. The van der Waals surface area contributed by atoms with E-state index in [9.17, 15) is 0 Å². The van der Waals surface area contributed by atoms with Crippen LogP contribution < -0.4 is 5.32 Å². The summed E-state index contributed by atoms with van der Waals surface area (Å²) in [7, 11) is 0. The van der Waals surface area contributed by atoms with Gasteiger partial charge in [0.1, 0.15) is 12.1 Å². The second-order valence-electron chi connectivity index (χ2n) is 6.00. The van der Waals surface area contributed by atoms with Gasteiger partial charge < -0.3 is 5.32 Å². The molecule has 1 heterocycles. The van der Waals surface area contributed by atoms with Gasteiger partial charge in [0, 0.05) is 17.7 Å². The molecular weight excluding hydrogens is 246 g/mol. The largest absolute Gasteiger partial charge is 0.367 e. The molecule has 104 valence electrons. The predicted molar refractivity (Wildman–Crippen MR) is 82.7 cm³/mol. The fraction of sp³-hybridized carbons (Fsp3) is 0.412. The third-order valence-electron chi connectivity index (χ3n) is 3.49. The first-order chi connectivity index (χ1) is 9.70. The first kappa shape index (κ1) is 13.1. The van der Waals surface area contributed by atoms with Crippen molar-refractivity contribution >= 4 is 5.82 Å². The Hall–Kier alpha value is -1.90. The fourth-order valence-electron chi connectivity index (χ4n) is 2.31. The van der Waals surface area contributed by atoms with Crippen molar-refractivity contribution in [2.75, 3.05) is 5.32 Å². The van der Waals surface area contributed by atoms with Crippen molar-refractivity contribution in [2.45, 2.75) is 39.2 Å². The van der Waals surface area contributed by atoms with Gasteiger partial charge in [-0.25, -0.2) is 9.97 Å². The minimum absolute atomic E-state index is 0.617. The number of benzene rings is 1. The molecule has 1 fully saturated rings. The van der Waals surface area contributed by atoms with E-state index in [1.54, 1.807) is 6.33 Å². The number of rotatable bonds is 5. The molecule has 1 aromatic carbocycles. The molecule has 1 aromatic heterocycles. The van der Waals surface area contributed by atoms with Crippen LogP contribution >= 0.6 is 0 Å². The van der Waals surface area contributed by atoms with Crippen LogP contribution in [-0.2, 0) is 6.42 Å². The SMILES string of the molecule is CC(C)Cc1ccc(-c2cc(NC3CC3)ncn2)cc1. The molecule has 20 heavy (non-hydrogen) atoms. The van der Waals surface area contributed by atoms with E-state index in [1.165, 1.54) is 18.4 Å². The molecule has 0 aliphatic heterocycles. The number of aromatic nitrogens is 2. The van der Waals surface area contributed by atoms with Crippen LogP contribution in [-0.4, -0.2) is 16.0 Å². The number of hydrogen-bond donors (Lipinski definition) is 1. The molecule has 0 unspecified atom stereocenters. The minimum Gasteiger partial charge on any atom is -0.367 e. The Morgan fingerprint density at radius 3 is 2.55 bits per heavy atom. The van der Waals surface area contributed by atoms with Gasteiger partial charge in [-0.2, -0.15) is 0 Å². The maximum Gasteiger partial charge on any atom is 0.130 e. The van der Waals surface area contributed by atoms with Crippen molar-refractivity contribution in [1.82, 2.24) is 9.97 Å². The van der Waals surface area contributed by atoms with Gasteiger partial charge in [0.05, 0.1) is 5.69 Å². The lowest BCUT2D eigenvalue weighted by atomic mass is 10.0. The van der Waals surface area contributed by atoms with Gasteiger partial charge in [0.2, 0.25) is 0 Å². The molecule has 2 aromatic rings. The molecule has 1 aliphatic rings. The van der Waals surface area contributed by atoms with Crippen molar-refractivity contribution in [3.05, 3.63) is 42.2 Å². The smallest absolute Gasteiger partial charge is 0.130 e. The van der Waals surface area contributed by atoms with Crippen molar-refractivity contribution in [1.29, 1.82) is 0 Å². The van der Waals surface area contributed by atoms with Gasteiger partial charge in [-0.3, -0.25) is 0 Å². The molecule has 0 amide bonds. The van der Waals surface area contributed by atoms with Gasteiger partial charge in [-0.05, 0) is 30.7 Å². The lowest BCUT2D eigenvalue weighted by molar-refractivity contribution is 0.647. The second-order valence-corrected chi connectivity index (χ2v) is 6.00. The Kier molecular flexibility index (Phi) is 3.68. The van der Waals surface area contributed by atoms with Gasteiger partial charge in [-0.15, -0.1) is 0 Å². The number of anilines is 1. The molecule has 0 bridgehead atoms. The van der Waals surface area contributed by atoms with Crippen molar-refractivity contribution in [2.24, 2.45) is 5.92 Å². The summed E-state index contributed by atoms with van der Waals surface area (Å²) in [5.41, 5.74) is 3.52. The van der Waals surface area contributed by atoms with Crippen LogP contribution in [0.2, 0.25) is 0 Å². The zero-order valence-corrected chi connectivity index (χ0v) is 12.1. The maximum atomic E-state index is 4.38. The summed E-state index contributed by atoms with van der Waals surface area (Å²) in [6, 6.07) is 11.4. The van der Waals surface area contributed by atoms with Crippen LogP contribution in [0.15, 0.2) is 36.7 Å². The van der Waals surface area contributed by atoms with E-state index >= 15 is 0 Å². The predicted octanol–water partition coefficient (Wildman–Crippen LogP) is 3.92. The Morgan fingerprint density at radius 1 is 1.15 bits per heavy atom. The molecular formula is C17H21N3. The zero-order valence-electron chi connectivity index (χ0n) is 12.1. The van der Waals surface area contributed by atoms with Gasteiger partial charge >= 0.3 is 0 Å². The van der Waals surface area contributed by atoms with E-state index in [0.29, 0.717) is 12.0 Å². The molecule has 0 saturated heterocycles. The topological polar surface area (TPSA) is 37.8 Å². The summed E-state index contributed by atoms with van der Waals surface area (Å²) >= 11 is 0. The molecule has 3 nitrogen and oxygen atoms in total. The minimum atomic E-state index is 0.617. The first-order valence-electron chi connectivity index (χ1n) is 7.38. The van der Waals surface area contributed by atoms with Crippen LogP contribution in [0.4, 0.5) is 5.82 Å². The third-order valence-corrected chi connectivity index (χ3v) is 3.49. The first-order valence-corrected chi connectivity index (χ1v) is 7.38. The highest BCUT2D eigenvalue weighted by Crippen LogP contribution is 2.25. The summed E-state index contributed by atoms with van der Waals surface area (Å²) in [5.74, 6) is 1.62. The monoisotopic (exact) mass is 267 g/mol. The fourth-order valence-corrected chi connectivity index (χ4v) is 2.31. The molecule has 3 heteroatoms. The quantitative estimate of drug-likeness (QED) is 0.892. The summed E-state index contributed by atoms with van der Waals surface area (Å²) in [5, 5.41) is 3.41. The maximum absolute atomic E-state index is 4.38. The highest BCUT2D eigenvalue weighted by molar-refractivity contribution is 5.62. The van der Waals surface area contributed by atoms with Crippen LogP contribution in [0.1, 0.15) is 32.3 Å². The van der Waals surface area contributed by atoms with E-state index in [-0.39, 0.29) is 0 Å². The van der Waals surface area contributed by atoms with Crippen molar-refractivity contribution in [3.8, 4) is 11.3 Å². The van der Waals surface area contributed by atoms with Gasteiger partial charge in [0.15, 0.2) is 0 Å². The Bertz CT molecular complexity index is 571. The van der Waals surface area contributed by atoms with Crippen molar-refractivity contribution < 1.29 is 0 Å². The summed E-state index contributed by atoms with van der Waals surface area (Å²) in [6.07, 6.45) is 5.27. The Morgan fingerprint density at radius 2 is 1.90 bits per heavy atom. The van der Waals surface area contributed by atoms with E-state index in [0.717, 1.165) is 23.5 Å². The standard InChI is InChI=1S/C17H21N3/c1-12(2)9-13-3-5-14(6-4-13)16-10-17(19-11-18-16)20-15-7-8-15/h3-6,10-12,15H,7-9H2,1-2H3,(H,18,19,20). The van der Waals surface area contributed by atoms with Crippen LogP contribution in [0.5, 0.6) is 0 Å². The normalized spacial score (nSPS) is 14.6. The van der Waals surface area contributed by atoms with Crippen LogP contribution in [0.3, 0.4) is 0 Å². The highest BCUT2D eigenvalue weighted by atomic mass is 15.1. The number of nitrogens with zero attached hydrogens (tertiary/aromatic N) is 2. The molecule has 1 saturated carbocycles. The number of nitrogens with one attached hydrogen (secondary N) is 1. The second kappa shape index (κ2) is 5.61. The summed E-state index contributed by atoms with van der Waals surface area (Å²) in [4.78, 5) is 8.66.